The molecule has 0 aliphatic rings. The molecule has 5 aromatic rings. The zero-order valence-corrected chi connectivity index (χ0v) is 24.0. The van der Waals surface area contributed by atoms with Gasteiger partial charge in [0.25, 0.3) is 5.56 Å². The fraction of sp³-hybridized carbons (Fsp3) is 0.111. The number of nitro benzene ring substituents is 1. The lowest BCUT2D eigenvalue weighted by atomic mass is 10.2. The van der Waals surface area contributed by atoms with E-state index in [2.05, 4.69) is 46.7 Å². The van der Waals surface area contributed by atoms with E-state index in [9.17, 15) is 19.7 Å². The van der Waals surface area contributed by atoms with E-state index in [0.29, 0.717) is 22.2 Å². The number of ether oxygens (including phenoxy) is 2. The van der Waals surface area contributed by atoms with Gasteiger partial charge in [0, 0.05) is 21.5 Å². The third-order valence-electron chi connectivity index (χ3n) is 5.85. The number of aromatic nitrogens is 2. The highest BCUT2D eigenvalue weighted by molar-refractivity contribution is 9.10. The molecule has 0 unspecified atom stereocenters. The molecule has 0 amide bonds. The first-order valence-electron chi connectivity index (χ1n) is 11.6. The number of nitrogens with zero attached hydrogens (tertiary/aromatic N) is 4. The average molecular weight is 670 g/mol. The van der Waals surface area contributed by atoms with Crippen LogP contribution < -0.4 is 10.3 Å². The Bertz CT molecular complexity index is 1900. The zero-order valence-electron chi connectivity index (χ0n) is 20.8. The van der Waals surface area contributed by atoms with Crippen molar-refractivity contribution in [2.45, 2.75) is 13.0 Å². The Labute approximate surface area is 242 Å². The van der Waals surface area contributed by atoms with Crippen LogP contribution in [0.25, 0.3) is 33.5 Å². The second-order valence-corrected chi connectivity index (χ2v) is 10.3. The summed E-state index contributed by atoms with van der Waals surface area (Å²) in [4.78, 5) is 41.1. The Hall–Kier alpha value is -4.36. The number of benzene rings is 3. The molecule has 0 radical (unpaired) electrons. The Kier molecular flexibility index (Phi) is 7.50. The molecule has 0 fully saturated rings. The van der Waals surface area contributed by atoms with Gasteiger partial charge in [0.05, 0.1) is 33.6 Å². The lowest BCUT2D eigenvalue weighted by Crippen LogP contribution is -2.25. The molecule has 202 valence electrons. The van der Waals surface area contributed by atoms with E-state index in [1.165, 1.54) is 32.4 Å². The molecule has 1 atom stereocenters. The second kappa shape index (κ2) is 11.0. The first-order chi connectivity index (χ1) is 19.2. The summed E-state index contributed by atoms with van der Waals surface area (Å²) in [5, 5.41) is 17.3. The third kappa shape index (κ3) is 5.25. The summed E-state index contributed by atoms with van der Waals surface area (Å²) in [6, 6.07) is 16.8. The normalized spacial score (nSPS) is 12.2. The van der Waals surface area contributed by atoms with Crippen molar-refractivity contribution in [3.63, 3.8) is 0 Å². The van der Waals surface area contributed by atoms with Crippen LogP contribution in [0.15, 0.2) is 83.9 Å². The van der Waals surface area contributed by atoms with E-state index >= 15 is 0 Å². The number of rotatable bonds is 7. The number of hydrogen-bond donors (Lipinski definition) is 0. The average Bonchev–Trinajstić information content (AvgIpc) is 3.36. The van der Waals surface area contributed by atoms with E-state index in [1.807, 2.05) is 12.1 Å². The van der Waals surface area contributed by atoms with Crippen molar-refractivity contribution >= 4 is 71.6 Å². The minimum absolute atomic E-state index is 0.146. The predicted octanol–water partition coefficient (Wildman–Crippen LogP) is 6.07. The molecule has 0 saturated carbocycles. The summed E-state index contributed by atoms with van der Waals surface area (Å²) in [6.07, 6.45) is 0.194. The summed E-state index contributed by atoms with van der Waals surface area (Å²) < 4.78 is 18.3. The first kappa shape index (κ1) is 27.2. The number of carbonyl (C=O) groups excluding carboxylic acids is 1. The molecule has 0 N–H and O–H groups in total. The van der Waals surface area contributed by atoms with Crippen LogP contribution >= 0.6 is 31.9 Å². The molecule has 0 aliphatic carbocycles. The van der Waals surface area contributed by atoms with Gasteiger partial charge in [-0.25, -0.2) is 9.78 Å². The Balaban J connectivity index is 1.63. The minimum Gasteiger partial charge on any atom is -0.471 e. The van der Waals surface area contributed by atoms with E-state index in [-0.39, 0.29) is 21.6 Å². The van der Waals surface area contributed by atoms with Gasteiger partial charge in [0.1, 0.15) is 5.58 Å². The Morgan fingerprint density at radius 1 is 1.18 bits per heavy atom. The molecule has 40 heavy (non-hydrogen) atoms. The largest absolute Gasteiger partial charge is 0.471 e. The predicted molar refractivity (Wildman–Crippen MR) is 155 cm³/mol. The molecule has 0 bridgehead atoms. The molecule has 13 heteroatoms. The minimum atomic E-state index is -1.09. The van der Waals surface area contributed by atoms with Gasteiger partial charge in [-0.1, -0.05) is 28.1 Å². The molecule has 0 aliphatic heterocycles. The maximum Gasteiger partial charge on any atom is 0.346 e. The molecule has 0 spiro atoms. The summed E-state index contributed by atoms with van der Waals surface area (Å²) in [6.45, 7) is 1.41. The summed E-state index contributed by atoms with van der Waals surface area (Å²) in [7, 11) is 1.19. The monoisotopic (exact) mass is 668 g/mol. The summed E-state index contributed by atoms with van der Waals surface area (Å²) in [5.74, 6) is -0.396. The van der Waals surface area contributed by atoms with Gasteiger partial charge < -0.3 is 13.9 Å². The van der Waals surface area contributed by atoms with E-state index in [0.717, 1.165) is 14.5 Å². The number of furan rings is 1. The van der Waals surface area contributed by atoms with Gasteiger partial charge in [-0.15, -0.1) is 0 Å². The SMILES string of the molecule is COC(=O)[C@@H](C)Oc1c(Br)cc(C=Nn2c(-c3cc4cc(Br)ccc4o3)nc3ccccc3c2=O)cc1[N+](=O)[O-]. The highest BCUT2D eigenvalue weighted by Gasteiger charge is 2.25. The van der Waals surface area contributed by atoms with Crippen LogP contribution in [0.5, 0.6) is 5.75 Å². The lowest BCUT2D eigenvalue weighted by Gasteiger charge is -2.14. The quantitative estimate of drug-likeness (QED) is 0.0881. The molecule has 11 nitrogen and oxygen atoms in total. The van der Waals surface area contributed by atoms with Crippen molar-refractivity contribution in [1.82, 2.24) is 9.66 Å². The van der Waals surface area contributed by atoms with Gasteiger partial charge in [0.2, 0.25) is 11.6 Å². The highest BCUT2D eigenvalue weighted by atomic mass is 79.9. The Morgan fingerprint density at radius 3 is 2.70 bits per heavy atom. The van der Waals surface area contributed by atoms with Crippen molar-refractivity contribution in [3.05, 3.63) is 95.6 Å². The van der Waals surface area contributed by atoms with Crippen LogP contribution in [0, 0.1) is 10.1 Å². The molecule has 2 aromatic heterocycles. The van der Waals surface area contributed by atoms with Gasteiger partial charge in [-0.05, 0) is 65.3 Å². The van der Waals surface area contributed by atoms with Gasteiger partial charge >= 0.3 is 11.7 Å². The number of methoxy groups -OCH3 is 1. The maximum atomic E-state index is 13.5. The molecule has 5 rings (SSSR count). The highest BCUT2D eigenvalue weighted by Crippen LogP contribution is 2.37. The van der Waals surface area contributed by atoms with Crippen LogP contribution in [-0.4, -0.2) is 40.0 Å². The fourth-order valence-electron chi connectivity index (χ4n) is 3.96. The molecule has 2 heterocycles. The molecule has 3 aromatic carbocycles. The Morgan fingerprint density at radius 2 is 1.95 bits per heavy atom. The fourth-order valence-corrected chi connectivity index (χ4v) is 4.90. The molecular formula is C27H18Br2N4O7. The van der Waals surface area contributed by atoms with Gasteiger partial charge in [0.15, 0.2) is 11.9 Å². The second-order valence-electron chi connectivity index (χ2n) is 8.50. The number of halogens is 2. The van der Waals surface area contributed by atoms with Crippen LogP contribution in [0.3, 0.4) is 0 Å². The first-order valence-corrected chi connectivity index (χ1v) is 13.2. The van der Waals surface area contributed by atoms with Gasteiger partial charge in [-0.2, -0.15) is 9.78 Å². The van der Waals surface area contributed by atoms with Crippen molar-refractivity contribution in [3.8, 4) is 17.3 Å². The van der Waals surface area contributed by atoms with Crippen LogP contribution in [-0.2, 0) is 9.53 Å². The lowest BCUT2D eigenvalue weighted by molar-refractivity contribution is -0.386. The smallest absolute Gasteiger partial charge is 0.346 e. The number of fused-ring (bicyclic) bond motifs is 2. The van der Waals surface area contributed by atoms with Crippen LogP contribution in [0.2, 0.25) is 0 Å². The van der Waals surface area contributed by atoms with E-state index < -0.39 is 28.2 Å². The summed E-state index contributed by atoms with van der Waals surface area (Å²) in [5.41, 5.74) is 0.441. The van der Waals surface area contributed by atoms with Crippen molar-refractivity contribution < 1.29 is 23.6 Å². The number of carbonyl (C=O) groups is 1. The standard InChI is InChI=1S/C27H18Br2N4O7/c1-14(27(35)38-2)39-24-19(29)9-15(10-21(24)33(36)37)13-30-32-25(31-20-6-4-3-5-18(20)26(32)34)23-12-16-11-17(28)7-8-22(16)40-23/h3-14H,1-2H3/t14-/m1/s1. The van der Waals surface area contributed by atoms with Crippen LogP contribution in [0.1, 0.15) is 12.5 Å². The molecular weight excluding hydrogens is 652 g/mol. The number of hydrogen-bond acceptors (Lipinski definition) is 9. The number of esters is 1. The third-order valence-corrected chi connectivity index (χ3v) is 6.93. The van der Waals surface area contributed by atoms with Crippen molar-refractivity contribution in [1.29, 1.82) is 0 Å². The maximum absolute atomic E-state index is 13.5. The van der Waals surface area contributed by atoms with Gasteiger partial charge in [-0.3, -0.25) is 14.9 Å². The zero-order chi connectivity index (χ0) is 28.6. The van der Waals surface area contributed by atoms with Crippen LogP contribution in [0.4, 0.5) is 5.69 Å². The van der Waals surface area contributed by atoms with Crippen molar-refractivity contribution in [2.75, 3.05) is 7.11 Å². The number of nitro groups is 1. The van der Waals surface area contributed by atoms with E-state index in [1.54, 1.807) is 36.4 Å². The van der Waals surface area contributed by atoms with E-state index in [4.69, 9.17) is 9.15 Å². The molecule has 0 saturated heterocycles. The topological polar surface area (TPSA) is 139 Å². The summed E-state index contributed by atoms with van der Waals surface area (Å²) >= 11 is 6.71. The van der Waals surface area contributed by atoms with Crippen molar-refractivity contribution in [2.24, 2.45) is 5.10 Å². The number of para-hydroxylation sites is 1.